The van der Waals surface area contributed by atoms with E-state index >= 15 is 0 Å². The summed E-state index contributed by atoms with van der Waals surface area (Å²) in [4.78, 5) is 4.59. The Morgan fingerprint density at radius 2 is 2.21 bits per heavy atom. The van der Waals surface area contributed by atoms with Gasteiger partial charge in [-0.1, -0.05) is 23.9 Å². The van der Waals surface area contributed by atoms with Gasteiger partial charge in [-0.2, -0.15) is 0 Å². The van der Waals surface area contributed by atoms with Crippen molar-refractivity contribution >= 4 is 33.3 Å². The van der Waals surface area contributed by atoms with Crippen molar-refractivity contribution in [3.05, 3.63) is 24.3 Å². The molecule has 0 atom stereocenters. The lowest BCUT2D eigenvalue weighted by Crippen LogP contribution is -1.78. The molecule has 1 saturated carbocycles. The number of thiazole rings is 1. The molecular formula is C11H11NS2. The standard InChI is InChI=1S/C11H11NS2/c1-2-4-10-9(3-1)12-11(14-10)13-7-8-5-6-8/h1-4,8H,5-7H2. The van der Waals surface area contributed by atoms with E-state index in [1.54, 1.807) is 0 Å². The Kier molecular flexibility index (Phi) is 2.22. The third kappa shape index (κ3) is 1.79. The summed E-state index contributed by atoms with van der Waals surface area (Å²) in [7, 11) is 0. The van der Waals surface area contributed by atoms with Crippen LogP contribution in [0.4, 0.5) is 0 Å². The highest BCUT2D eigenvalue weighted by molar-refractivity contribution is 8.01. The van der Waals surface area contributed by atoms with Crippen molar-refractivity contribution in [2.75, 3.05) is 5.75 Å². The molecule has 72 valence electrons. The Morgan fingerprint density at radius 3 is 3.00 bits per heavy atom. The van der Waals surface area contributed by atoms with Gasteiger partial charge in [-0.25, -0.2) is 4.98 Å². The van der Waals surface area contributed by atoms with Crippen LogP contribution in [-0.4, -0.2) is 10.7 Å². The maximum absolute atomic E-state index is 4.59. The first kappa shape index (κ1) is 8.74. The molecule has 1 heterocycles. The third-order valence-corrected chi connectivity index (χ3v) is 4.82. The molecule has 0 unspecified atom stereocenters. The van der Waals surface area contributed by atoms with Gasteiger partial charge in [-0.3, -0.25) is 0 Å². The Morgan fingerprint density at radius 1 is 1.36 bits per heavy atom. The van der Waals surface area contributed by atoms with Crippen molar-refractivity contribution in [1.82, 2.24) is 4.98 Å². The van der Waals surface area contributed by atoms with Gasteiger partial charge in [0.15, 0.2) is 4.34 Å². The topological polar surface area (TPSA) is 12.9 Å². The van der Waals surface area contributed by atoms with Gasteiger partial charge in [-0.05, 0) is 30.9 Å². The first-order chi connectivity index (χ1) is 6.92. The molecule has 3 rings (SSSR count). The van der Waals surface area contributed by atoms with Gasteiger partial charge in [0.25, 0.3) is 0 Å². The summed E-state index contributed by atoms with van der Waals surface area (Å²) < 4.78 is 2.55. The smallest absolute Gasteiger partial charge is 0.151 e. The summed E-state index contributed by atoms with van der Waals surface area (Å²) in [5.41, 5.74) is 1.15. The summed E-state index contributed by atoms with van der Waals surface area (Å²) in [5.74, 6) is 2.24. The molecule has 1 aromatic carbocycles. The molecule has 2 aromatic rings. The van der Waals surface area contributed by atoms with Crippen LogP contribution in [0.3, 0.4) is 0 Å². The second-order valence-electron chi connectivity index (χ2n) is 3.70. The number of aromatic nitrogens is 1. The van der Waals surface area contributed by atoms with Crippen LogP contribution in [0, 0.1) is 5.92 Å². The molecule has 0 spiro atoms. The van der Waals surface area contributed by atoms with Crippen molar-refractivity contribution in [1.29, 1.82) is 0 Å². The van der Waals surface area contributed by atoms with Crippen molar-refractivity contribution in [2.24, 2.45) is 5.92 Å². The van der Waals surface area contributed by atoms with Gasteiger partial charge < -0.3 is 0 Å². The van der Waals surface area contributed by atoms with Crippen molar-refractivity contribution in [3.63, 3.8) is 0 Å². The van der Waals surface area contributed by atoms with Crippen molar-refractivity contribution in [3.8, 4) is 0 Å². The Bertz CT molecular complexity index is 412. The van der Waals surface area contributed by atoms with Crippen LogP contribution >= 0.6 is 23.1 Å². The SMILES string of the molecule is c1ccc2sc(SCC3CC3)nc2c1. The average molecular weight is 221 g/mol. The predicted octanol–water partition coefficient (Wildman–Crippen LogP) is 3.80. The van der Waals surface area contributed by atoms with E-state index in [2.05, 4.69) is 29.2 Å². The lowest BCUT2D eigenvalue weighted by atomic mass is 10.3. The van der Waals surface area contributed by atoms with Crippen molar-refractivity contribution < 1.29 is 0 Å². The minimum Gasteiger partial charge on any atom is -0.230 e. The van der Waals surface area contributed by atoms with E-state index in [0.29, 0.717) is 0 Å². The van der Waals surface area contributed by atoms with Gasteiger partial charge in [0.05, 0.1) is 10.2 Å². The molecule has 0 amide bonds. The molecule has 1 aliphatic carbocycles. The van der Waals surface area contributed by atoms with E-state index in [1.165, 1.54) is 27.6 Å². The van der Waals surface area contributed by atoms with Crippen molar-refractivity contribution in [2.45, 2.75) is 17.2 Å². The quantitative estimate of drug-likeness (QED) is 0.731. The molecule has 0 saturated heterocycles. The van der Waals surface area contributed by atoms with Gasteiger partial charge in [-0.15, -0.1) is 11.3 Å². The molecule has 1 fully saturated rings. The monoisotopic (exact) mass is 221 g/mol. The summed E-state index contributed by atoms with van der Waals surface area (Å²) in [5, 5.41) is 0. The number of rotatable bonds is 3. The first-order valence-electron chi connectivity index (χ1n) is 4.90. The average Bonchev–Trinajstić information content (AvgIpc) is 2.94. The van der Waals surface area contributed by atoms with Gasteiger partial charge >= 0.3 is 0 Å². The second-order valence-corrected chi connectivity index (χ2v) is 6.00. The van der Waals surface area contributed by atoms with E-state index in [9.17, 15) is 0 Å². The van der Waals surface area contributed by atoms with Gasteiger partial charge in [0.1, 0.15) is 0 Å². The number of thioether (sulfide) groups is 1. The fourth-order valence-electron chi connectivity index (χ4n) is 1.39. The molecule has 1 aliphatic rings. The zero-order chi connectivity index (χ0) is 9.38. The number of nitrogens with zero attached hydrogens (tertiary/aromatic N) is 1. The van der Waals surface area contributed by atoms with Crippen LogP contribution in [0.25, 0.3) is 10.2 Å². The van der Waals surface area contributed by atoms with E-state index in [1.807, 2.05) is 23.1 Å². The summed E-state index contributed by atoms with van der Waals surface area (Å²) in [6.07, 6.45) is 2.86. The van der Waals surface area contributed by atoms with Crippen LogP contribution in [-0.2, 0) is 0 Å². The van der Waals surface area contributed by atoms with Gasteiger partial charge in [0.2, 0.25) is 0 Å². The molecule has 0 radical (unpaired) electrons. The number of hydrogen-bond donors (Lipinski definition) is 0. The van der Waals surface area contributed by atoms with Crippen LogP contribution in [0.15, 0.2) is 28.6 Å². The largest absolute Gasteiger partial charge is 0.230 e. The number of fused-ring (bicyclic) bond motifs is 1. The summed E-state index contributed by atoms with van der Waals surface area (Å²) in [6, 6.07) is 8.37. The molecule has 14 heavy (non-hydrogen) atoms. The molecule has 1 aromatic heterocycles. The number of hydrogen-bond acceptors (Lipinski definition) is 3. The van der Waals surface area contributed by atoms with E-state index in [-0.39, 0.29) is 0 Å². The summed E-state index contributed by atoms with van der Waals surface area (Å²) in [6.45, 7) is 0. The maximum atomic E-state index is 4.59. The van der Waals surface area contributed by atoms with Crippen LogP contribution in [0.1, 0.15) is 12.8 Å². The molecule has 0 N–H and O–H groups in total. The zero-order valence-electron chi connectivity index (χ0n) is 7.77. The lowest BCUT2D eigenvalue weighted by Gasteiger charge is -1.91. The van der Waals surface area contributed by atoms with E-state index < -0.39 is 0 Å². The molecule has 3 heteroatoms. The molecular weight excluding hydrogens is 210 g/mol. The zero-order valence-corrected chi connectivity index (χ0v) is 9.40. The van der Waals surface area contributed by atoms with Crippen LogP contribution in [0.2, 0.25) is 0 Å². The predicted molar refractivity (Wildman–Crippen MR) is 63.1 cm³/mol. The fourth-order valence-corrected chi connectivity index (χ4v) is 3.67. The minimum absolute atomic E-state index is 0.979. The first-order valence-corrected chi connectivity index (χ1v) is 6.70. The highest BCUT2D eigenvalue weighted by atomic mass is 32.2. The van der Waals surface area contributed by atoms with Gasteiger partial charge in [0, 0.05) is 5.75 Å². The number of para-hydroxylation sites is 1. The van der Waals surface area contributed by atoms with Crippen LogP contribution < -0.4 is 0 Å². The highest BCUT2D eigenvalue weighted by Crippen LogP contribution is 2.37. The van der Waals surface area contributed by atoms with E-state index in [0.717, 1.165) is 11.4 Å². The third-order valence-electron chi connectivity index (χ3n) is 2.41. The Hall–Kier alpha value is -0.540. The molecule has 0 bridgehead atoms. The molecule has 0 aliphatic heterocycles. The summed E-state index contributed by atoms with van der Waals surface area (Å²) >= 11 is 3.74. The normalized spacial score (nSPS) is 16.3. The minimum atomic E-state index is 0.979. The Balaban J connectivity index is 1.82. The second kappa shape index (κ2) is 3.55. The Labute approximate surface area is 91.6 Å². The maximum Gasteiger partial charge on any atom is 0.151 e. The lowest BCUT2D eigenvalue weighted by molar-refractivity contribution is 0.999. The molecule has 1 nitrogen and oxygen atoms in total. The fraction of sp³-hybridized carbons (Fsp3) is 0.364. The number of benzene rings is 1. The van der Waals surface area contributed by atoms with Crippen LogP contribution in [0.5, 0.6) is 0 Å². The van der Waals surface area contributed by atoms with E-state index in [4.69, 9.17) is 0 Å². The highest BCUT2D eigenvalue weighted by Gasteiger charge is 2.21.